The van der Waals surface area contributed by atoms with Crippen LogP contribution in [0.15, 0.2) is 67.3 Å². The van der Waals surface area contributed by atoms with Gasteiger partial charge >= 0.3 is 11.9 Å². The Hall–Kier alpha value is -3.24. The van der Waals surface area contributed by atoms with Crippen LogP contribution in [0.3, 0.4) is 0 Å². The van der Waals surface area contributed by atoms with Gasteiger partial charge in [0.2, 0.25) is 10.9 Å². The minimum atomic E-state index is -1.17. The average Bonchev–Trinajstić information content (AvgIpc) is 3.79. The molecule has 0 unspecified atom stereocenters. The second kappa shape index (κ2) is 10.5. The lowest BCUT2D eigenvalue weighted by Gasteiger charge is -2.12. The SMILES string of the molecule is CCOC(=O)c1cn(C2CC2)c2cc(Br)ccc2c1=O.O=C(O)c1cn(C2CC2)c2cc(Br)ccc2c1=O. The van der Waals surface area contributed by atoms with E-state index in [9.17, 15) is 19.2 Å². The highest BCUT2D eigenvalue weighted by Gasteiger charge is 2.28. The van der Waals surface area contributed by atoms with Gasteiger partial charge in [-0.1, -0.05) is 31.9 Å². The summed E-state index contributed by atoms with van der Waals surface area (Å²) in [6, 6.07) is 11.5. The highest BCUT2D eigenvalue weighted by atomic mass is 79.9. The lowest BCUT2D eigenvalue weighted by atomic mass is 10.1. The van der Waals surface area contributed by atoms with Crippen LogP contribution in [-0.4, -0.2) is 32.8 Å². The van der Waals surface area contributed by atoms with E-state index in [1.165, 1.54) is 6.20 Å². The molecule has 2 fully saturated rings. The van der Waals surface area contributed by atoms with Crippen molar-refractivity contribution in [3.63, 3.8) is 0 Å². The Balaban J connectivity index is 0.000000156. The summed E-state index contributed by atoms with van der Waals surface area (Å²) in [7, 11) is 0. The maximum Gasteiger partial charge on any atom is 0.343 e. The Morgan fingerprint density at radius 3 is 1.71 bits per heavy atom. The Labute approximate surface area is 234 Å². The van der Waals surface area contributed by atoms with Crippen LogP contribution in [0, 0.1) is 0 Å². The number of nitrogens with zero attached hydrogens (tertiary/aromatic N) is 2. The molecule has 196 valence electrons. The van der Waals surface area contributed by atoms with Crippen molar-refractivity contribution in [2.75, 3.05) is 6.61 Å². The first-order chi connectivity index (χ1) is 18.2. The Bertz CT molecular complexity index is 1720. The first kappa shape index (κ1) is 26.4. The number of carboxylic acids is 1. The fourth-order valence-corrected chi connectivity index (χ4v) is 5.16. The third kappa shape index (κ3) is 5.19. The molecule has 0 bridgehead atoms. The zero-order chi connectivity index (χ0) is 27.1. The van der Waals surface area contributed by atoms with Gasteiger partial charge in [0, 0.05) is 44.2 Å². The van der Waals surface area contributed by atoms with E-state index in [1.807, 2.05) is 27.3 Å². The van der Waals surface area contributed by atoms with Gasteiger partial charge < -0.3 is 19.0 Å². The van der Waals surface area contributed by atoms with Crippen LogP contribution in [0.4, 0.5) is 0 Å². The number of ether oxygens (including phenoxy) is 1. The number of carbonyl (C=O) groups excluding carboxylic acids is 1. The van der Waals surface area contributed by atoms with Crippen molar-refractivity contribution in [2.45, 2.75) is 44.7 Å². The molecule has 1 N–H and O–H groups in total. The van der Waals surface area contributed by atoms with E-state index in [2.05, 4.69) is 31.9 Å². The maximum absolute atomic E-state index is 12.4. The topological polar surface area (TPSA) is 108 Å². The normalized spacial score (nSPS) is 14.7. The highest BCUT2D eigenvalue weighted by molar-refractivity contribution is 9.10. The van der Waals surface area contributed by atoms with Crippen LogP contribution in [0.5, 0.6) is 0 Å². The third-order valence-electron chi connectivity index (χ3n) is 6.60. The van der Waals surface area contributed by atoms with Crippen molar-refractivity contribution in [3.8, 4) is 0 Å². The molecule has 2 aliphatic rings. The number of aromatic carboxylic acids is 1. The Kier molecular flexibility index (Phi) is 7.28. The first-order valence-electron chi connectivity index (χ1n) is 12.3. The summed E-state index contributed by atoms with van der Waals surface area (Å²) in [5, 5.41) is 10.1. The summed E-state index contributed by atoms with van der Waals surface area (Å²) in [4.78, 5) is 47.5. The predicted molar refractivity (Wildman–Crippen MR) is 151 cm³/mol. The molecule has 0 saturated heterocycles. The predicted octanol–water partition coefficient (Wildman–Crippen LogP) is 6.07. The molecule has 2 aliphatic carbocycles. The van der Waals surface area contributed by atoms with Crippen LogP contribution in [0.2, 0.25) is 0 Å². The van der Waals surface area contributed by atoms with Crippen LogP contribution in [-0.2, 0) is 4.74 Å². The van der Waals surface area contributed by atoms with Crippen LogP contribution in [0.1, 0.15) is 65.4 Å². The van der Waals surface area contributed by atoms with Crippen molar-refractivity contribution >= 4 is 65.6 Å². The maximum atomic E-state index is 12.4. The van der Waals surface area contributed by atoms with Gasteiger partial charge in [0.05, 0.1) is 17.6 Å². The molecule has 2 heterocycles. The van der Waals surface area contributed by atoms with Gasteiger partial charge in [-0.05, 0) is 69.0 Å². The van der Waals surface area contributed by atoms with Gasteiger partial charge in [0.25, 0.3) is 0 Å². The summed E-state index contributed by atoms with van der Waals surface area (Å²) < 4.78 is 10.7. The molecule has 10 heteroatoms. The lowest BCUT2D eigenvalue weighted by molar-refractivity contribution is 0.0523. The second-order valence-electron chi connectivity index (χ2n) is 9.37. The van der Waals surface area contributed by atoms with Gasteiger partial charge in [-0.25, -0.2) is 9.59 Å². The summed E-state index contributed by atoms with van der Waals surface area (Å²) in [5.74, 6) is -1.71. The number of fused-ring (bicyclic) bond motifs is 2. The summed E-state index contributed by atoms with van der Waals surface area (Å²) in [6.45, 7) is 2.00. The number of carbonyl (C=O) groups is 2. The first-order valence-corrected chi connectivity index (χ1v) is 13.9. The molecule has 0 aliphatic heterocycles. The van der Waals surface area contributed by atoms with Crippen molar-refractivity contribution in [1.29, 1.82) is 0 Å². The molecule has 0 amide bonds. The number of carboxylic acid groups (broad SMARTS) is 1. The number of hydrogen-bond donors (Lipinski definition) is 1. The van der Waals surface area contributed by atoms with Crippen molar-refractivity contribution in [2.24, 2.45) is 0 Å². The fraction of sp³-hybridized carbons (Fsp3) is 0.286. The minimum absolute atomic E-state index is 0.119. The average molecular weight is 644 g/mol. The molecule has 6 rings (SSSR count). The molecule has 0 spiro atoms. The van der Waals surface area contributed by atoms with Crippen LogP contribution >= 0.6 is 31.9 Å². The summed E-state index contributed by atoms with van der Waals surface area (Å²) in [5.41, 5.74) is 0.942. The second-order valence-corrected chi connectivity index (χ2v) is 11.2. The number of pyridine rings is 2. The quantitative estimate of drug-likeness (QED) is 0.265. The van der Waals surface area contributed by atoms with Crippen LogP contribution < -0.4 is 10.9 Å². The monoisotopic (exact) mass is 642 g/mol. The van der Waals surface area contributed by atoms with Gasteiger partial charge in [0.15, 0.2) is 0 Å². The summed E-state index contributed by atoms with van der Waals surface area (Å²) in [6.07, 6.45) is 7.33. The molecule has 4 aromatic rings. The standard InChI is InChI=1S/C15H14BrNO3.C13H10BrNO3/c1-2-20-15(19)12-8-17(10-4-5-10)13-7-9(16)3-6-11(13)14(12)18;14-7-1-4-9-11(5-7)15(8-2-3-8)6-10(12(9)16)13(17)18/h3,6-8,10H,2,4-5H2,1H3;1,4-6,8H,2-3H2,(H,17,18). The van der Waals surface area contributed by atoms with E-state index in [4.69, 9.17) is 9.84 Å². The molecule has 38 heavy (non-hydrogen) atoms. The zero-order valence-corrected chi connectivity index (χ0v) is 23.6. The number of halogens is 2. The number of aromatic nitrogens is 2. The van der Waals surface area contributed by atoms with Crippen LogP contribution in [0.25, 0.3) is 21.8 Å². The number of rotatable bonds is 5. The number of hydrogen-bond acceptors (Lipinski definition) is 5. The molecule has 2 saturated carbocycles. The van der Waals surface area contributed by atoms with Gasteiger partial charge in [-0.2, -0.15) is 0 Å². The fourth-order valence-electron chi connectivity index (χ4n) is 4.46. The van der Waals surface area contributed by atoms with E-state index in [1.54, 1.807) is 31.3 Å². The van der Waals surface area contributed by atoms with E-state index in [-0.39, 0.29) is 23.2 Å². The lowest BCUT2D eigenvalue weighted by Crippen LogP contribution is -2.20. The van der Waals surface area contributed by atoms with E-state index in [0.717, 1.165) is 45.7 Å². The van der Waals surface area contributed by atoms with E-state index in [0.29, 0.717) is 22.9 Å². The number of esters is 1. The molecular formula is C28H24Br2N2O6. The minimum Gasteiger partial charge on any atom is -0.477 e. The largest absolute Gasteiger partial charge is 0.477 e. The van der Waals surface area contributed by atoms with E-state index >= 15 is 0 Å². The Morgan fingerprint density at radius 2 is 1.29 bits per heavy atom. The summed E-state index contributed by atoms with van der Waals surface area (Å²) >= 11 is 6.80. The third-order valence-corrected chi connectivity index (χ3v) is 7.58. The van der Waals surface area contributed by atoms with Crippen molar-refractivity contribution in [1.82, 2.24) is 9.13 Å². The van der Waals surface area contributed by atoms with Gasteiger partial charge in [-0.3, -0.25) is 9.59 Å². The Morgan fingerprint density at radius 1 is 0.842 bits per heavy atom. The molecule has 8 nitrogen and oxygen atoms in total. The molecule has 0 radical (unpaired) electrons. The molecule has 2 aromatic heterocycles. The molecule has 2 aromatic carbocycles. The van der Waals surface area contributed by atoms with Crippen molar-refractivity contribution < 1.29 is 19.4 Å². The molecular weight excluding hydrogens is 620 g/mol. The van der Waals surface area contributed by atoms with Gasteiger partial charge in [0.1, 0.15) is 11.1 Å². The molecule has 0 atom stereocenters. The van der Waals surface area contributed by atoms with Gasteiger partial charge in [-0.15, -0.1) is 0 Å². The smallest absolute Gasteiger partial charge is 0.343 e. The van der Waals surface area contributed by atoms with E-state index < -0.39 is 17.4 Å². The highest BCUT2D eigenvalue weighted by Crippen LogP contribution is 2.38. The zero-order valence-electron chi connectivity index (χ0n) is 20.4. The van der Waals surface area contributed by atoms with Crippen molar-refractivity contribution in [3.05, 3.63) is 89.3 Å². The number of benzene rings is 2.